The van der Waals surface area contributed by atoms with Crippen LogP contribution in [0.15, 0.2) is 82.2 Å². The van der Waals surface area contributed by atoms with Crippen molar-refractivity contribution in [2.24, 2.45) is 4.36 Å². The van der Waals surface area contributed by atoms with Crippen LogP contribution in [0, 0.1) is 0 Å². The number of phenols is 1. The lowest BCUT2D eigenvalue weighted by Gasteiger charge is -2.12. The number of aromatic hydroxyl groups is 1. The van der Waals surface area contributed by atoms with Crippen LogP contribution in [0.3, 0.4) is 0 Å². The second-order valence-corrected chi connectivity index (χ2v) is 10.5. The first-order valence-electron chi connectivity index (χ1n) is 10.6. The number of anilines is 2. The van der Waals surface area contributed by atoms with Gasteiger partial charge in [0.15, 0.2) is 0 Å². The molecule has 0 saturated heterocycles. The maximum Gasteiger partial charge on any atom is 0.124 e. The van der Waals surface area contributed by atoms with Crippen molar-refractivity contribution in [1.29, 1.82) is 0 Å². The maximum absolute atomic E-state index is 13.4. The Morgan fingerprint density at radius 2 is 1.79 bits per heavy atom. The topological polar surface area (TPSA) is 83.8 Å². The molecular weight excluding hydrogens is 434 g/mol. The quantitative estimate of drug-likeness (QED) is 0.338. The summed E-state index contributed by atoms with van der Waals surface area (Å²) in [5, 5.41) is 14.1. The monoisotopic (exact) mass is 461 g/mol. The lowest BCUT2D eigenvalue weighted by atomic mass is 10.0. The molecule has 1 heterocycles. The third kappa shape index (κ3) is 5.09. The fourth-order valence-electron chi connectivity index (χ4n) is 3.59. The van der Waals surface area contributed by atoms with E-state index in [1.54, 1.807) is 37.8 Å². The third-order valence-corrected chi connectivity index (χ3v) is 7.10. The van der Waals surface area contributed by atoms with Crippen LogP contribution in [0.1, 0.15) is 25.3 Å². The number of hydrogen-bond donors (Lipinski definition) is 2. The van der Waals surface area contributed by atoms with E-state index in [-0.39, 0.29) is 5.75 Å². The average molecular weight is 462 g/mol. The number of benzene rings is 3. The maximum atomic E-state index is 13.4. The van der Waals surface area contributed by atoms with Gasteiger partial charge in [0.1, 0.15) is 11.5 Å². The van der Waals surface area contributed by atoms with Gasteiger partial charge < -0.3 is 15.2 Å². The lowest BCUT2D eigenvalue weighted by Crippen LogP contribution is -1.98. The Labute approximate surface area is 194 Å². The second kappa shape index (κ2) is 9.11. The zero-order valence-corrected chi connectivity index (χ0v) is 19.9. The van der Waals surface area contributed by atoms with E-state index in [0.29, 0.717) is 27.9 Å². The van der Waals surface area contributed by atoms with Crippen molar-refractivity contribution in [1.82, 2.24) is 4.98 Å². The molecule has 1 aromatic heterocycles. The van der Waals surface area contributed by atoms with E-state index in [0.717, 1.165) is 16.6 Å². The van der Waals surface area contributed by atoms with E-state index >= 15 is 0 Å². The van der Waals surface area contributed by atoms with Crippen LogP contribution in [0.2, 0.25) is 0 Å². The summed E-state index contributed by atoms with van der Waals surface area (Å²) in [6.07, 6.45) is 3.36. The van der Waals surface area contributed by atoms with Gasteiger partial charge in [0.25, 0.3) is 0 Å². The number of nitrogens with zero attached hydrogens (tertiary/aromatic N) is 2. The van der Waals surface area contributed by atoms with E-state index in [1.807, 2.05) is 48.5 Å². The number of fused-ring (bicyclic) bond motifs is 1. The summed E-state index contributed by atoms with van der Waals surface area (Å²) in [4.78, 5) is 5.13. The first kappa shape index (κ1) is 22.6. The summed E-state index contributed by atoms with van der Waals surface area (Å²) in [5.74, 6) is 1.05. The molecule has 0 spiro atoms. The molecule has 170 valence electrons. The van der Waals surface area contributed by atoms with Crippen LogP contribution in [-0.2, 0) is 9.73 Å². The average Bonchev–Trinajstić information content (AvgIpc) is 2.79. The van der Waals surface area contributed by atoms with Crippen molar-refractivity contribution in [3.8, 4) is 11.5 Å². The SMILES string of the molecule is COc1cc(O)cc(Nc2ccnc3ccc(N=S(C)(=O)c4ccc(C(C)C)cc4)cc23)c1. The van der Waals surface area contributed by atoms with Gasteiger partial charge in [-0.05, 0) is 47.9 Å². The lowest BCUT2D eigenvalue weighted by molar-refractivity contribution is 0.408. The van der Waals surface area contributed by atoms with Gasteiger partial charge in [-0.3, -0.25) is 4.98 Å². The van der Waals surface area contributed by atoms with Gasteiger partial charge in [-0.2, -0.15) is 4.36 Å². The van der Waals surface area contributed by atoms with Crippen molar-refractivity contribution >= 4 is 37.7 Å². The number of phenolic OH excluding ortho intramolecular Hbond substituents is 1. The smallest absolute Gasteiger partial charge is 0.124 e. The van der Waals surface area contributed by atoms with Crippen LogP contribution in [-0.4, -0.2) is 27.7 Å². The summed E-state index contributed by atoms with van der Waals surface area (Å²) >= 11 is 0. The molecule has 4 aromatic rings. The number of rotatable bonds is 6. The van der Waals surface area contributed by atoms with E-state index < -0.39 is 9.73 Å². The van der Waals surface area contributed by atoms with Gasteiger partial charge in [-0.1, -0.05) is 26.0 Å². The van der Waals surface area contributed by atoms with Gasteiger partial charge >= 0.3 is 0 Å². The molecule has 6 nitrogen and oxygen atoms in total. The molecule has 0 radical (unpaired) electrons. The van der Waals surface area contributed by atoms with Crippen molar-refractivity contribution in [2.45, 2.75) is 24.7 Å². The number of aromatic nitrogens is 1. The molecule has 0 aliphatic carbocycles. The van der Waals surface area contributed by atoms with Gasteiger partial charge in [0.05, 0.1) is 28.0 Å². The summed E-state index contributed by atoms with van der Waals surface area (Å²) in [6.45, 7) is 4.26. The summed E-state index contributed by atoms with van der Waals surface area (Å²) in [6, 6.07) is 20.1. The van der Waals surface area contributed by atoms with E-state index in [9.17, 15) is 9.32 Å². The predicted molar refractivity (Wildman–Crippen MR) is 135 cm³/mol. The minimum absolute atomic E-state index is 0.0973. The van der Waals surface area contributed by atoms with Gasteiger partial charge in [-0.25, -0.2) is 4.21 Å². The normalized spacial score (nSPS) is 13.0. The number of ether oxygens (including phenoxy) is 1. The first-order chi connectivity index (χ1) is 15.7. The molecule has 0 bridgehead atoms. The zero-order valence-electron chi connectivity index (χ0n) is 19.1. The molecule has 4 rings (SSSR count). The van der Waals surface area contributed by atoms with E-state index in [1.165, 1.54) is 5.56 Å². The number of hydrogen-bond acceptors (Lipinski definition) is 6. The van der Waals surface area contributed by atoms with Crippen LogP contribution in [0.5, 0.6) is 11.5 Å². The molecule has 0 saturated carbocycles. The molecule has 0 aliphatic rings. The fourth-order valence-corrected chi connectivity index (χ4v) is 4.85. The molecule has 7 heteroatoms. The van der Waals surface area contributed by atoms with E-state index in [4.69, 9.17) is 4.74 Å². The minimum atomic E-state index is -2.63. The highest BCUT2D eigenvalue weighted by molar-refractivity contribution is 7.93. The summed E-state index contributed by atoms with van der Waals surface area (Å²) in [5.41, 5.74) is 4.03. The minimum Gasteiger partial charge on any atom is -0.508 e. The zero-order chi connectivity index (χ0) is 23.6. The Morgan fingerprint density at radius 3 is 2.48 bits per heavy atom. The Bertz CT molecular complexity index is 1420. The third-order valence-electron chi connectivity index (χ3n) is 5.39. The highest BCUT2D eigenvalue weighted by Crippen LogP contribution is 2.32. The predicted octanol–water partition coefficient (Wildman–Crippen LogP) is 6.60. The molecule has 0 fully saturated rings. The van der Waals surface area contributed by atoms with Gasteiger partial charge in [0.2, 0.25) is 0 Å². The van der Waals surface area contributed by atoms with Crippen LogP contribution < -0.4 is 10.1 Å². The van der Waals surface area contributed by atoms with Crippen molar-refractivity contribution in [2.75, 3.05) is 18.7 Å². The standard InChI is InChI=1S/C26H27N3O3S/c1-17(2)18-5-8-23(9-6-18)33(4,31)29-19-7-10-25-24(15-19)26(11-12-27-25)28-20-13-21(30)16-22(14-20)32-3/h5-17,30H,1-4H3,(H,27,28). The largest absolute Gasteiger partial charge is 0.508 e. The number of methoxy groups -OCH3 is 1. The fraction of sp³-hybridized carbons (Fsp3) is 0.192. The molecule has 3 aromatic carbocycles. The van der Waals surface area contributed by atoms with Gasteiger partial charge in [-0.15, -0.1) is 0 Å². The highest BCUT2D eigenvalue weighted by Gasteiger charge is 2.10. The number of pyridine rings is 1. The molecular formula is C26H27N3O3S. The first-order valence-corrected chi connectivity index (χ1v) is 12.5. The van der Waals surface area contributed by atoms with Crippen LogP contribution in [0.25, 0.3) is 10.9 Å². The molecule has 33 heavy (non-hydrogen) atoms. The summed E-state index contributed by atoms with van der Waals surface area (Å²) < 4.78 is 23.2. The van der Waals surface area contributed by atoms with Gasteiger partial charge in [0, 0.05) is 52.3 Å². The van der Waals surface area contributed by atoms with Crippen LogP contribution in [0.4, 0.5) is 17.1 Å². The molecule has 1 unspecified atom stereocenters. The van der Waals surface area contributed by atoms with Crippen molar-refractivity contribution in [3.63, 3.8) is 0 Å². The molecule has 0 amide bonds. The Balaban J connectivity index is 1.73. The van der Waals surface area contributed by atoms with Crippen molar-refractivity contribution < 1.29 is 14.1 Å². The summed E-state index contributed by atoms with van der Waals surface area (Å²) in [7, 11) is -1.08. The van der Waals surface area contributed by atoms with E-state index in [2.05, 4.69) is 28.5 Å². The van der Waals surface area contributed by atoms with Crippen LogP contribution >= 0.6 is 0 Å². The Hall–Kier alpha value is -3.58. The molecule has 0 aliphatic heterocycles. The number of nitrogens with one attached hydrogen (secondary N) is 1. The Kier molecular flexibility index (Phi) is 6.24. The highest BCUT2D eigenvalue weighted by atomic mass is 32.2. The second-order valence-electron chi connectivity index (χ2n) is 8.22. The molecule has 2 N–H and O–H groups in total. The van der Waals surface area contributed by atoms with Crippen molar-refractivity contribution in [3.05, 3.63) is 78.5 Å². The molecule has 1 atom stereocenters. The Morgan fingerprint density at radius 1 is 1.03 bits per heavy atom.